The van der Waals surface area contributed by atoms with Crippen molar-refractivity contribution < 1.29 is 80.2 Å². The van der Waals surface area contributed by atoms with Crippen LogP contribution in [0.1, 0.15) is 459 Å². The van der Waals surface area contributed by atoms with E-state index < -0.39 is 97.5 Å². The lowest BCUT2D eigenvalue weighted by Crippen LogP contribution is -2.30. The Hall–Kier alpha value is -1.94. The topological polar surface area (TPSA) is 237 Å². The summed E-state index contributed by atoms with van der Waals surface area (Å²) < 4.78 is 68.9. The van der Waals surface area contributed by atoms with Crippen molar-refractivity contribution in [3.8, 4) is 0 Å². The summed E-state index contributed by atoms with van der Waals surface area (Å²) in [6.45, 7) is 12.0. The Morgan fingerprint density at radius 2 is 0.481 bits per heavy atom. The van der Waals surface area contributed by atoms with Gasteiger partial charge >= 0.3 is 39.5 Å². The molecule has 0 aromatic heterocycles. The number of carbonyl (C=O) groups is 4. The largest absolute Gasteiger partial charge is 0.472 e. The summed E-state index contributed by atoms with van der Waals surface area (Å²) in [5.41, 5.74) is 0. The lowest BCUT2D eigenvalue weighted by Gasteiger charge is -2.21. The van der Waals surface area contributed by atoms with Crippen LogP contribution in [0.2, 0.25) is 0 Å². The quantitative estimate of drug-likeness (QED) is 0.0222. The minimum atomic E-state index is -4.97. The second-order valence-electron chi connectivity index (χ2n) is 32.2. The van der Waals surface area contributed by atoms with Gasteiger partial charge in [-0.2, -0.15) is 0 Å². The Bertz CT molecular complexity index is 2050. The number of esters is 4. The van der Waals surface area contributed by atoms with Gasteiger partial charge in [0.15, 0.2) is 12.2 Å². The Labute approximate surface area is 651 Å². The molecule has 19 heteroatoms. The number of carbonyl (C=O) groups excluding carboxylic acids is 4. The molecule has 0 heterocycles. The minimum absolute atomic E-state index is 0.107. The highest BCUT2D eigenvalue weighted by Crippen LogP contribution is 2.45. The van der Waals surface area contributed by atoms with Gasteiger partial charge in [0.05, 0.1) is 26.4 Å². The third-order valence-electron chi connectivity index (χ3n) is 21.1. The number of aliphatic hydroxyl groups excluding tert-OH is 1. The van der Waals surface area contributed by atoms with Gasteiger partial charge in [-0.05, 0) is 43.4 Å². The van der Waals surface area contributed by atoms with Crippen LogP contribution in [0.5, 0.6) is 0 Å². The molecule has 7 atom stereocenters. The smallest absolute Gasteiger partial charge is 0.462 e. The van der Waals surface area contributed by atoms with Crippen LogP contribution < -0.4 is 0 Å². The van der Waals surface area contributed by atoms with Gasteiger partial charge in [0.25, 0.3) is 0 Å². The maximum Gasteiger partial charge on any atom is 0.472 e. The highest BCUT2D eigenvalue weighted by Gasteiger charge is 2.31. The second-order valence-corrected chi connectivity index (χ2v) is 35.1. The molecule has 4 unspecified atom stereocenters. The minimum Gasteiger partial charge on any atom is -0.462 e. The summed E-state index contributed by atoms with van der Waals surface area (Å²) in [6, 6.07) is 0. The van der Waals surface area contributed by atoms with Gasteiger partial charge in [-0.1, -0.05) is 408 Å². The number of phosphoric acid groups is 2. The second kappa shape index (κ2) is 77.0. The van der Waals surface area contributed by atoms with E-state index >= 15 is 0 Å². The molecule has 106 heavy (non-hydrogen) atoms. The predicted molar refractivity (Wildman–Crippen MR) is 437 cm³/mol. The van der Waals surface area contributed by atoms with Gasteiger partial charge in [0.2, 0.25) is 0 Å². The fourth-order valence-corrected chi connectivity index (χ4v) is 15.1. The first-order valence-electron chi connectivity index (χ1n) is 44.9. The van der Waals surface area contributed by atoms with E-state index in [1.54, 1.807) is 0 Å². The lowest BCUT2D eigenvalue weighted by atomic mass is 9.99. The molecule has 0 aliphatic heterocycles. The van der Waals surface area contributed by atoms with Crippen LogP contribution in [0.15, 0.2) is 0 Å². The van der Waals surface area contributed by atoms with E-state index in [4.69, 9.17) is 37.0 Å². The molecule has 3 N–H and O–H groups in total. The molecule has 0 aliphatic rings. The summed E-state index contributed by atoms with van der Waals surface area (Å²) in [4.78, 5) is 73.3. The standard InChI is InChI=1S/C87H170O17P2/c1-8-11-12-13-14-15-16-17-18-19-20-21-25-31-36-41-46-54-61-68-84(89)97-74-82(103-86(91)70-63-56-47-42-37-32-26-23-22-24-29-34-39-44-51-58-65-78(4)5)76-101-105(93,94)99-72-81(88)73-100-106(95,96)102-77-83(75-98-85(90)69-62-55-50-49-53-60-67-80(7)10-3)104-87(92)71-64-57-48-43-38-33-28-27-30-35-40-45-52-59-66-79(6)9-2/h78-83,88H,8-77H2,1-7H3,(H,93,94)(H,95,96)/t79?,80?,81-,82-,83-/m1/s1. The van der Waals surface area contributed by atoms with Crippen LogP contribution in [-0.4, -0.2) is 96.7 Å². The Kier molecular flexibility index (Phi) is 75.6. The molecule has 0 aromatic carbocycles. The fourth-order valence-electron chi connectivity index (χ4n) is 13.5. The molecular weight excluding hydrogens is 1380 g/mol. The number of hydrogen-bond acceptors (Lipinski definition) is 15. The van der Waals surface area contributed by atoms with Gasteiger partial charge in [0, 0.05) is 25.7 Å². The molecule has 0 fully saturated rings. The van der Waals surface area contributed by atoms with Crippen molar-refractivity contribution in [1.82, 2.24) is 0 Å². The summed E-state index contributed by atoms with van der Waals surface area (Å²) >= 11 is 0. The maximum absolute atomic E-state index is 13.2. The third kappa shape index (κ3) is 77.4. The highest BCUT2D eigenvalue weighted by molar-refractivity contribution is 7.47. The van der Waals surface area contributed by atoms with Crippen molar-refractivity contribution >= 4 is 39.5 Å². The average molecular weight is 1550 g/mol. The zero-order chi connectivity index (χ0) is 77.9. The predicted octanol–water partition coefficient (Wildman–Crippen LogP) is 26.5. The molecule has 630 valence electrons. The van der Waals surface area contributed by atoms with Crippen LogP contribution in [0.25, 0.3) is 0 Å². The SMILES string of the molecule is CCCCCCCCCCCCCCCCCCCCCC(=O)OC[C@H](COP(=O)(O)OC[C@@H](O)COP(=O)(O)OC[C@@H](COC(=O)CCCCCCCCC(C)CC)OC(=O)CCCCCCCCCCCCCCCCC(C)CC)OC(=O)CCCCCCCCCCCCCCCCCCC(C)C. The normalized spacial score (nSPS) is 14.4. The van der Waals surface area contributed by atoms with Crippen molar-refractivity contribution in [3.05, 3.63) is 0 Å². The number of phosphoric ester groups is 2. The average Bonchev–Trinajstić information content (AvgIpc) is 0.901. The highest BCUT2D eigenvalue weighted by atomic mass is 31.2. The molecule has 0 amide bonds. The number of aliphatic hydroxyl groups is 1. The number of rotatable bonds is 85. The van der Waals surface area contributed by atoms with Crippen LogP contribution in [-0.2, 0) is 65.4 Å². The van der Waals surface area contributed by atoms with Crippen LogP contribution in [0.4, 0.5) is 0 Å². The van der Waals surface area contributed by atoms with Crippen molar-refractivity contribution in [3.63, 3.8) is 0 Å². The van der Waals surface area contributed by atoms with E-state index in [0.717, 1.165) is 114 Å². The zero-order valence-corrected chi connectivity index (χ0v) is 71.7. The molecule has 0 saturated heterocycles. The van der Waals surface area contributed by atoms with E-state index in [1.807, 2.05) is 0 Å². The fraction of sp³-hybridized carbons (Fsp3) is 0.954. The summed E-state index contributed by atoms with van der Waals surface area (Å²) in [5, 5.41) is 10.7. The first-order valence-corrected chi connectivity index (χ1v) is 47.9. The summed E-state index contributed by atoms with van der Waals surface area (Å²) in [7, 11) is -9.93. The lowest BCUT2D eigenvalue weighted by molar-refractivity contribution is -0.161. The molecule has 17 nitrogen and oxygen atoms in total. The zero-order valence-electron chi connectivity index (χ0n) is 69.9. The van der Waals surface area contributed by atoms with E-state index in [1.165, 1.54) is 263 Å². The number of ether oxygens (including phenoxy) is 4. The molecule has 0 aliphatic carbocycles. The van der Waals surface area contributed by atoms with E-state index in [0.29, 0.717) is 25.7 Å². The number of unbranched alkanes of at least 4 members (excludes halogenated alkanes) is 51. The number of hydrogen-bond donors (Lipinski definition) is 3. The van der Waals surface area contributed by atoms with Crippen molar-refractivity contribution in [2.24, 2.45) is 17.8 Å². The van der Waals surface area contributed by atoms with Gasteiger partial charge in [-0.3, -0.25) is 37.3 Å². The van der Waals surface area contributed by atoms with Gasteiger partial charge in [0.1, 0.15) is 19.3 Å². The van der Waals surface area contributed by atoms with Crippen LogP contribution in [0, 0.1) is 17.8 Å². The van der Waals surface area contributed by atoms with Crippen molar-refractivity contribution in [2.45, 2.75) is 478 Å². The Balaban J connectivity index is 5.24. The monoisotopic (exact) mass is 1550 g/mol. The van der Waals surface area contributed by atoms with Crippen LogP contribution in [0.3, 0.4) is 0 Å². The maximum atomic E-state index is 13.2. The molecular formula is C87H170O17P2. The van der Waals surface area contributed by atoms with E-state index in [2.05, 4.69) is 48.5 Å². The molecule has 0 rings (SSSR count). The Morgan fingerprint density at radius 1 is 0.274 bits per heavy atom. The van der Waals surface area contributed by atoms with Crippen LogP contribution >= 0.6 is 15.6 Å². The molecule has 0 aromatic rings. The molecule has 0 radical (unpaired) electrons. The molecule has 0 saturated carbocycles. The molecule has 0 spiro atoms. The summed E-state index contributed by atoms with van der Waals surface area (Å²) in [6.07, 6.45) is 68.0. The van der Waals surface area contributed by atoms with Crippen molar-refractivity contribution in [2.75, 3.05) is 39.6 Å². The van der Waals surface area contributed by atoms with E-state index in [-0.39, 0.29) is 25.7 Å². The van der Waals surface area contributed by atoms with Gasteiger partial charge in [-0.25, -0.2) is 9.13 Å². The van der Waals surface area contributed by atoms with E-state index in [9.17, 15) is 43.2 Å². The van der Waals surface area contributed by atoms with Gasteiger partial charge in [-0.15, -0.1) is 0 Å². The first kappa shape index (κ1) is 104. The third-order valence-corrected chi connectivity index (χ3v) is 23.0. The Morgan fingerprint density at radius 3 is 0.717 bits per heavy atom. The van der Waals surface area contributed by atoms with Gasteiger partial charge < -0.3 is 33.8 Å². The summed E-state index contributed by atoms with van der Waals surface area (Å²) in [5.74, 6) is 0.281. The first-order chi connectivity index (χ1) is 51.3. The molecule has 0 bridgehead atoms. The van der Waals surface area contributed by atoms with Crippen molar-refractivity contribution in [1.29, 1.82) is 0 Å².